The smallest absolute Gasteiger partial charge is 0.243 e. The van der Waals surface area contributed by atoms with Gasteiger partial charge >= 0.3 is 0 Å². The second kappa shape index (κ2) is 5.65. The molecule has 0 saturated carbocycles. The molecule has 4 heteroatoms. The predicted molar refractivity (Wildman–Crippen MR) is 77.9 cm³/mol. The van der Waals surface area contributed by atoms with Gasteiger partial charge in [-0.3, -0.25) is 9.59 Å². The van der Waals surface area contributed by atoms with Crippen molar-refractivity contribution < 1.29 is 9.59 Å². The molecule has 0 aliphatic carbocycles. The lowest BCUT2D eigenvalue weighted by Crippen LogP contribution is -2.58. The zero-order chi connectivity index (χ0) is 14.8. The molecule has 1 saturated heterocycles. The van der Waals surface area contributed by atoms with E-state index in [0.29, 0.717) is 19.4 Å². The molecule has 1 heterocycles. The topological polar surface area (TPSA) is 63.4 Å². The molecule has 2 N–H and O–H groups in total. The number of benzene rings is 1. The van der Waals surface area contributed by atoms with Gasteiger partial charge in [-0.05, 0) is 18.4 Å². The number of nitrogens with two attached hydrogens (primary N) is 1. The van der Waals surface area contributed by atoms with Crippen LogP contribution in [-0.4, -0.2) is 28.8 Å². The Hall–Kier alpha value is -1.84. The van der Waals surface area contributed by atoms with Gasteiger partial charge in [-0.1, -0.05) is 44.2 Å². The van der Waals surface area contributed by atoms with Crippen LogP contribution in [0.5, 0.6) is 0 Å². The molecule has 2 rings (SSSR count). The summed E-state index contributed by atoms with van der Waals surface area (Å²) in [5, 5.41) is 0. The maximum atomic E-state index is 12.4. The molecule has 1 aromatic carbocycles. The molecule has 2 amide bonds. The van der Waals surface area contributed by atoms with E-state index in [9.17, 15) is 9.59 Å². The van der Waals surface area contributed by atoms with Crippen molar-refractivity contribution in [1.29, 1.82) is 0 Å². The summed E-state index contributed by atoms with van der Waals surface area (Å²) in [7, 11) is 0. The summed E-state index contributed by atoms with van der Waals surface area (Å²) in [5.41, 5.74) is 5.85. The van der Waals surface area contributed by atoms with Crippen LogP contribution < -0.4 is 5.73 Å². The molecule has 1 aliphatic heterocycles. The number of amides is 2. The molecule has 0 radical (unpaired) electrons. The van der Waals surface area contributed by atoms with E-state index in [1.54, 1.807) is 4.90 Å². The van der Waals surface area contributed by atoms with Gasteiger partial charge in [0.25, 0.3) is 0 Å². The lowest BCUT2D eigenvalue weighted by Gasteiger charge is -2.37. The molecule has 1 fully saturated rings. The molecule has 0 bridgehead atoms. The van der Waals surface area contributed by atoms with Crippen molar-refractivity contribution in [3.63, 3.8) is 0 Å². The summed E-state index contributed by atoms with van der Waals surface area (Å²) in [6.45, 7) is 4.33. The fourth-order valence-corrected chi connectivity index (χ4v) is 2.97. The third kappa shape index (κ3) is 2.55. The minimum atomic E-state index is -0.858. The summed E-state index contributed by atoms with van der Waals surface area (Å²) in [6, 6.07) is 9.76. The predicted octanol–water partition coefficient (Wildman–Crippen LogP) is 1.73. The Balaban J connectivity index is 2.34. The standard InChI is InChI=1S/C16H22N2O2/c1-12(2)14(19)18-10-6-9-16(18,15(17)20)11-13-7-4-3-5-8-13/h3-5,7-8,12H,6,9-11H2,1-2H3,(H2,17,20). The van der Waals surface area contributed by atoms with Gasteiger partial charge in [-0.2, -0.15) is 0 Å². The van der Waals surface area contributed by atoms with E-state index >= 15 is 0 Å². The Bertz CT molecular complexity index is 498. The molecule has 1 aliphatic rings. The number of primary amides is 1. The molecule has 1 aromatic rings. The van der Waals surface area contributed by atoms with Crippen LogP contribution in [0.15, 0.2) is 30.3 Å². The Kier molecular flexibility index (Phi) is 4.12. The zero-order valence-electron chi connectivity index (χ0n) is 12.1. The van der Waals surface area contributed by atoms with E-state index in [1.807, 2.05) is 44.2 Å². The lowest BCUT2D eigenvalue weighted by molar-refractivity contribution is -0.145. The first kappa shape index (κ1) is 14.6. The van der Waals surface area contributed by atoms with Crippen molar-refractivity contribution in [3.8, 4) is 0 Å². The molecular formula is C16H22N2O2. The van der Waals surface area contributed by atoms with Gasteiger partial charge in [0, 0.05) is 18.9 Å². The van der Waals surface area contributed by atoms with E-state index in [-0.39, 0.29) is 11.8 Å². The van der Waals surface area contributed by atoms with Crippen LogP contribution in [0, 0.1) is 5.92 Å². The molecule has 0 spiro atoms. The minimum absolute atomic E-state index is 0.0113. The van der Waals surface area contributed by atoms with Gasteiger partial charge in [0.05, 0.1) is 0 Å². The first-order valence-electron chi connectivity index (χ1n) is 7.13. The average Bonchev–Trinajstić information content (AvgIpc) is 2.83. The Morgan fingerprint density at radius 3 is 2.50 bits per heavy atom. The fraction of sp³-hybridized carbons (Fsp3) is 0.500. The van der Waals surface area contributed by atoms with Crippen LogP contribution >= 0.6 is 0 Å². The zero-order valence-corrected chi connectivity index (χ0v) is 12.1. The van der Waals surface area contributed by atoms with Gasteiger partial charge in [0.15, 0.2) is 0 Å². The normalized spacial score (nSPS) is 22.2. The van der Waals surface area contributed by atoms with Crippen LogP contribution in [0.2, 0.25) is 0 Å². The van der Waals surface area contributed by atoms with Crippen LogP contribution in [0.1, 0.15) is 32.3 Å². The summed E-state index contributed by atoms with van der Waals surface area (Å²) in [4.78, 5) is 26.2. The SMILES string of the molecule is CC(C)C(=O)N1CCCC1(Cc1ccccc1)C(N)=O. The molecule has 1 atom stereocenters. The maximum Gasteiger partial charge on any atom is 0.243 e. The molecular weight excluding hydrogens is 252 g/mol. The highest BCUT2D eigenvalue weighted by molar-refractivity contribution is 5.92. The van der Waals surface area contributed by atoms with Crippen LogP contribution in [0.3, 0.4) is 0 Å². The van der Waals surface area contributed by atoms with Crippen molar-refractivity contribution in [2.24, 2.45) is 11.7 Å². The summed E-state index contributed by atoms with van der Waals surface area (Å²) < 4.78 is 0. The Morgan fingerprint density at radius 2 is 1.95 bits per heavy atom. The summed E-state index contributed by atoms with van der Waals surface area (Å²) >= 11 is 0. The molecule has 20 heavy (non-hydrogen) atoms. The second-order valence-electron chi connectivity index (χ2n) is 5.81. The molecule has 0 aromatic heterocycles. The van der Waals surface area contributed by atoms with E-state index in [1.165, 1.54) is 0 Å². The average molecular weight is 274 g/mol. The summed E-state index contributed by atoms with van der Waals surface area (Å²) in [6.07, 6.45) is 1.98. The van der Waals surface area contributed by atoms with Gasteiger partial charge in [0.2, 0.25) is 11.8 Å². The number of nitrogens with zero attached hydrogens (tertiary/aromatic N) is 1. The largest absolute Gasteiger partial charge is 0.368 e. The second-order valence-corrected chi connectivity index (χ2v) is 5.81. The van der Waals surface area contributed by atoms with Crippen molar-refractivity contribution in [2.75, 3.05) is 6.54 Å². The lowest BCUT2D eigenvalue weighted by atomic mass is 9.86. The Labute approximate surface area is 119 Å². The number of rotatable bonds is 4. The first-order chi connectivity index (χ1) is 9.47. The highest BCUT2D eigenvalue weighted by atomic mass is 16.2. The number of likely N-dealkylation sites (tertiary alicyclic amines) is 1. The van der Waals surface area contributed by atoms with Gasteiger partial charge in [-0.15, -0.1) is 0 Å². The van der Waals surface area contributed by atoms with Gasteiger partial charge in [-0.25, -0.2) is 0 Å². The van der Waals surface area contributed by atoms with Gasteiger partial charge < -0.3 is 10.6 Å². The van der Waals surface area contributed by atoms with Crippen molar-refractivity contribution in [1.82, 2.24) is 4.90 Å². The van der Waals surface area contributed by atoms with E-state index < -0.39 is 11.4 Å². The third-order valence-electron chi connectivity index (χ3n) is 4.05. The third-order valence-corrected chi connectivity index (χ3v) is 4.05. The monoisotopic (exact) mass is 274 g/mol. The fourth-order valence-electron chi connectivity index (χ4n) is 2.97. The van der Waals surface area contributed by atoms with Crippen LogP contribution in [-0.2, 0) is 16.0 Å². The molecule has 1 unspecified atom stereocenters. The van der Waals surface area contributed by atoms with Crippen molar-refractivity contribution >= 4 is 11.8 Å². The maximum absolute atomic E-state index is 12.4. The van der Waals surface area contributed by atoms with Gasteiger partial charge in [0.1, 0.15) is 5.54 Å². The quantitative estimate of drug-likeness (QED) is 0.909. The van der Waals surface area contributed by atoms with E-state index in [4.69, 9.17) is 5.73 Å². The minimum Gasteiger partial charge on any atom is -0.368 e. The first-order valence-corrected chi connectivity index (χ1v) is 7.13. The molecule has 108 valence electrons. The van der Waals surface area contributed by atoms with Crippen LogP contribution in [0.4, 0.5) is 0 Å². The highest BCUT2D eigenvalue weighted by Gasteiger charge is 2.48. The van der Waals surface area contributed by atoms with Crippen molar-refractivity contribution in [3.05, 3.63) is 35.9 Å². The number of hydrogen-bond donors (Lipinski definition) is 1. The number of carbonyl (C=O) groups is 2. The number of hydrogen-bond acceptors (Lipinski definition) is 2. The summed E-state index contributed by atoms with van der Waals surface area (Å²) in [5.74, 6) is -0.507. The van der Waals surface area contributed by atoms with Crippen molar-refractivity contribution in [2.45, 2.75) is 38.6 Å². The van der Waals surface area contributed by atoms with Crippen LogP contribution in [0.25, 0.3) is 0 Å². The Morgan fingerprint density at radius 1 is 1.30 bits per heavy atom. The van der Waals surface area contributed by atoms with E-state index in [0.717, 1.165) is 12.0 Å². The molecule has 4 nitrogen and oxygen atoms in total. The number of carbonyl (C=O) groups excluding carboxylic acids is 2. The van der Waals surface area contributed by atoms with E-state index in [2.05, 4.69) is 0 Å². The highest BCUT2D eigenvalue weighted by Crippen LogP contribution is 2.33.